The first kappa shape index (κ1) is 18.1. The summed E-state index contributed by atoms with van der Waals surface area (Å²) in [5.41, 5.74) is 1.04. The lowest BCUT2D eigenvalue weighted by molar-refractivity contribution is 0.0688. The van der Waals surface area contributed by atoms with Crippen LogP contribution in [0.1, 0.15) is 49.0 Å². The first-order chi connectivity index (χ1) is 14.2. The van der Waals surface area contributed by atoms with E-state index in [1.54, 1.807) is 18.5 Å². The second kappa shape index (κ2) is 7.46. The number of anilines is 2. The molecule has 3 aliphatic rings. The Labute approximate surface area is 170 Å². The van der Waals surface area contributed by atoms with E-state index in [4.69, 9.17) is 4.99 Å². The Kier molecular flexibility index (Phi) is 4.66. The first-order valence-electron chi connectivity index (χ1n) is 10.5. The summed E-state index contributed by atoms with van der Waals surface area (Å²) in [6.07, 6.45) is 10.0. The summed E-state index contributed by atoms with van der Waals surface area (Å²) in [5, 5.41) is 7.21. The van der Waals surface area contributed by atoms with Crippen LogP contribution in [-0.4, -0.2) is 51.3 Å². The molecule has 1 amide bonds. The van der Waals surface area contributed by atoms with Crippen LogP contribution in [0.4, 0.5) is 11.5 Å². The van der Waals surface area contributed by atoms with Gasteiger partial charge in [0.15, 0.2) is 5.82 Å². The maximum atomic E-state index is 13.1. The number of hydrogen-bond acceptors (Lipinski definition) is 5. The SMILES string of the molecule is O=C(c1ccccn1)N1CCC[C@@]2(C1)Nc1cccnc1NC2=NC1CCCC1. The van der Waals surface area contributed by atoms with Gasteiger partial charge in [0.25, 0.3) is 5.91 Å². The van der Waals surface area contributed by atoms with Crippen molar-refractivity contribution in [2.45, 2.75) is 50.1 Å². The Morgan fingerprint density at radius 1 is 1.10 bits per heavy atom. The van der Waals surface area contributed by atoms with Crippen molar-refractivity contribution >= 4 is 23.2 Å². The van der Waals surface area contributed by atoms with Gasteiger partial charge in [-0.2, -0.15) is 0 Å². The Balaban J connectivity index is 1.48. The zero-order valence-corrected chi connectivity index (χ0v) is 16.5. The molecule has 2 aliphatic heterocycles. The highest BCUT2D eigenvalue weighted by Crippen LogP contribution is 2.36. The van der Waals surface area contributed by atoms with Crippen molar-refractivity contribution in [3.63, 3.8) is 0 Å². The van der Waals surface area contributed by atoms with Crippen LogP contribution in [0.2, 0.25) is 0 Å². The molecule has 29 heavy (non-hydrogen) atoms. The van der Waals surface area contributed by atoms with Crippen molar-refractivity contribution in [3.8, 4) is 0 Å². The molecule has 0 unspecified atom stereocenters. The summed E-state index contributed by atoms with van der Waals surface area (Å²) in [5.74, 6) is 1.71. The van der Waals surface area contributed by atoms with Gasteiger partial charge in [-0.1, -0.05) is 18.9 Å². The Morgan fingerprint density at radius 3 is 2.79 bits per heavy atom. The van der Waals surface area contributed by atoms with Gasteiger partial charge in [0, 0.05) is 18.9 Å². The normalized spacial score (nSPS) is 25.5. The number of piperidine rings is 1. The van der Waals surface area contributed by atoms with Gasteiger partial charge < -0.3 is 15.5 Å². The highest BCUT2D eigenvalue weighted by molar-refractivity contribution is 6.09. The van der Waals surface area contributed by atoms with Crippen molar-refractivity contribution < 1.29 is 4.79 Å². The lowest BCUT2D eigenvalue weighted by Gasteiger charge is -2.47. The maximum Gasteiger partial charge on any atom is 0.272 e. The first-order valence-corrected chi connectivity index (χ1v) is 10.5. The number of fused-ring (bicyclic) bond motifs is 1. The molecule has 0 radical (unpaired) electrons. The highest BCUT2D eigenvalue weighted by atomic mass is 16.2. The quantitative estimate of drug-likeness (QED) is 0.822. The van der Waals surface area contributed by atoms with E-state index in [2.05, 4.69) is 20.6 Å². The Hall–Kier alpha value is -2.96. The number of carbonyl (C=O) groups is 1. The van der Waals surface area contributed by atoms with Crippen molar-refractivity contribution in [1.29, 1.82) is 0 Å². The second-order valence-electron chi connectivity index (χ2n) is 8.19. The van der Waals surface area contributed by atoms with Crippen molar-refractivity contribution in [2.75, 3.05) is 23.7 Å². The zero-order chi connectivity index (χ0) is 19.7. The minimum Gasteiger partial charge on any atom is -0.368 e. The molecule has 1 saturated heterocycles. The molecule has 7 nitrogen and oxygen atoms in total. The summed E-state index contributed by atoms with van der Waals surface area (Å²) >= 11 is 0. The maximum absolute atomic E-state index is 13.1. The van der Waals surface area contributed by atoms with Crippen LogP contribution in [0.25, 0.3) is 0 Å². The van der Waals surface area contributed by atoms with E-state index >= 15 is 0 Å². The number of hydrogen-bond donors (Lipinski definition) is 2. The van der Waals surface area contributed by atoms with Crippen molar-refractivity contribution in [3.05, 3.63) is 48.4 Å². The number of aliphatic imine (C=N–C) groups is 1. The van der Waals surface area contributed by atoms with Crippen molar-refractivity contribution in [2.24, 2.45) is 4.99 Å². The standard InChI is InChI=1S/C22H26N6O/c29-20(18-9-3-4-12-23-18)28-14-6-11-22(15-28)21(25-16-7-1-2-8-16)26-19-17(27-22)10-5-13-24-19/h3-5,9-10,12-13,16,27H,1-2,6-8,11,14-15H2,(H,24,25,26)/t22-/m0/s1. The van der Waals surface area contributed by atoms with Gasteiger partial charge in [-0.25, -0.2) is 4.98 Å². The van der Waals surface area contributed by atoms with E-state index < -0.39 is 5.54 Å². The number of nitrogens with one attached hydrogen (secondary N) is 2. The molecule has 1 saturated carbocycles. The lowest BCUT2D eigenvalue weighted by Crippen LogP contribution is -2.62. The van der Waals surface area contributed by atoms with Crippen LogP contribution < -0.4 is 10.6 Å². The van der Waals surface area contributed by atoms with E-state index in [-0.39, 0.29) is 5.91 Å². The van der Waals surface area contributed by atoms with Crippen LogP contribution in [0.15, 0.2) is 47.7 Å². The van der Waals surface area contributed by atoms with Gasteiger partial charge in [0.2, 0.25) is 0 Å². The minimum absolute atomic E-state index is 0.0244. The molecular formula is C22H26N6O. The minimum atomic E-state index is -0.415. The summed E-state index contributed by atoms with van der Waals surface area (Å²) in [6.45, 7) is 1.30. The molecule has 2 aromatic rings. The van der Waals surface area contributed by atoms with E-state index in [1.165, 1.54) is 12.8 Å². The molecule has 0 aromatic carbocycles. The van der Waals surface area contributed by atoms with E-state index in [0.29, 0.717) is 18.3 Å². The predicted octanol–water partition coefficient (Wildman–Crippen LogP) is 3.33. The molecule has 1 spiro atoms. The third kappa shape index (κ3) is 3.45. The number of rotatable bonds is 2. The van der Waals surface area contributed by atoms with Gasteiger partial charge >= 0.3 is 0 Å². The average molecular weight is 390 g/mol. The molecule has 7 heteroatoms. The molecule has 1 atom stereocenters. The monoisotopic (exact) mass is 390 g/mol. The Morgan fingerprint density at radius 2 is 1.97 bits per heavy atom. The largest absolute Gasteiger partial charge is 0.368 e. The zero-order valence-electron chi connectivity index (χ0n) is 16.5. The number of aromatic nitrogens is 2. The van der Waals surface area contributed by atoms with Gasteiger partial charge in [0.05, 0.1) is 18.3 Å². The van der Waals surface area contributed by atoms with Crippen LogP contribution in [0, 0.1) is 0 Å². The fourth-order valence-electron chi connectivity index (χ4n) is 4.70. The smallest absolute Gasteiger partial charge is 0.272 e. The van der Waals surface area contributed by atoms with Gasteiger partial charge in [-0.05, 0) is 49.9 Å². The molecule has 1 aliphatic carbocycles. The predicted molar refractivity (Wildman–Crippen MR) is 113 cm³/mol. The third-order valence-electron chi connectivity index (χ3n) is 6.17. The summed E-state index contributed by atoms with van der Waals surface area (Å²) in [4.78, 5) is 28.9. The number of amidine groups is 1. The van der Waals surface area contributed by atoms with Crippen LogP contribution in [-0.2, 0) is 0 Å². The average Bonchev–Trinajstić information content (AvgIpc) is 3.28. The number of carbonyl (C=O) groups excluding carboxylic acids is 1. The molecule has 2 N–H and O–H groups in total. The van der Waals surface area contributed by atoms with Gasteiger partial charge in [-0.3, -0.25) is 14.8 Å². The van der Waals surface area contributed by atoms with E-state index in [9.17, 15) is 4.79 Å². The van der Waals surface area contributed by atoms with E-state index in [1.807, 2.05) is 29.2 Å². The molecular weight excluding hydrogens is 364 g/mol. The van der Waals surface area contributed by atoms with Crippen LogP contribution >= 0.6 is 0 Å². The second-order valence-corrected chi connectivity index (χ2v) is 8.19. The molecule has 150 valence electrons. The number of nitrogens with zero attached hydrogens (tertiary/aromatic N) is 4. The fraction of sp³-hybridized carbons (Fsp3) is 0.455. The fourth-order valence-corrected chi connectivity index (χ4v) is 4.70. The van der Waals surface area contributed by atoms with Gasteiger partial charge in [-0.15, -0.1) is 0 Å². The molecule has 2 fully saturated rings. The third-order valence-corrected chi connectivity index (χ3v) is 6.17. The van der Waals surface area contributed by atoms with E-state index in [0.717, 1.165) is 49.6 Å². The van der Waals surface area contributed by atoms with Crippen LogP contribution in [0.3, 0.4) is 0 Å². The summed E-state index contributed by atoms with van der Waals surface area (Å²) < 4.78 is 0. The highest BCUT2D eigenvalue weighted by Gasteiger charge is 2.45. The Bertz CT molecular complexity index is 924. The number of pyridine rings is 2. The van der Waals surface area contributed by atoms with Crippen LogP contribution in [0.5, 0.6) is 0 Å². The lowest BCUT2D eigenvalue weighted by atomic mass is 9.85. The molecule has 5 rings (SSSR count). The molecule has 4 heterocycles. The topological polar surface area (TPSA) is 82.5 Å². The molecule has 0 bridgehead atoms. The van der Waals surface area contributed by atoms with Gasteiger partial charge in [0.1, 0.15) is 17.1 Å². The molecule has 2 aromatic heterocycles. The number of amides is 1. The van der Waals surface area contributed by atoms with Crippen molar-refractivity contribution in [1.82, 2.24) is 14.9 Å². The number of likely N-dealkylation sites (tertiary alicyclic amines) is 1. The summed E-state index contributed by atoms with van der Waals surface area (Å²) in [7, 11) is 0. The summed E-state index contributed by atoms with van der Waals surface area (Å²) in [6, 6.07) is 9.78.